The minimum absolute atomic E-state index is 0.116. The van der Waals surface area contributed by atoms with Gasteiger partial charge in [-0.3, -0.25) is 10.2 Å². The molecule has 184 valence electrons. The Morgan fingerprint density at radius 3 is 2.03 bits per heavy atom. The third-order valence-electron chi connectivity index (χ3n) is 6.71. The molecule has 0 saturated heterocycles. The molecule has 0 spiro atoms. The first kappa shape index (κ1) is 23.9. The van der Waals surface area contributed by atoms with Gasteiger partial charge in [-0.05, 0) is 34.5 Å². The monoisotopic (exact) mass is 478 g/mol. The minimum atomic E-state index is 0.116. The molecule has 2 aromatic heterocycles. The highest BCUT2D eigenvalue weighted by Gasteiger charge is 2.21. The zero-order chi connectivity index (χ0) is 25.5. The van der Waals surface area contributed by atoms with Gasteiger partial charge in [0.25, 0.3) is 0 Å². The number of nitrogens with zero attached hydrogens (tertiary/aromatic N) is 4. The van der Waals surface area contributed by atoms with E-state index in [0.717, 1.165) is 34.8 Å². The van der Waals surface area contributed by atoms with E-state index in [1.807, 2.05) is 24.3 Å². The van der Waals surface area contributed by atoms with Crippen LogP contribution in [0.1, 0.15) is 65.3 Å². The standard InChI is InChI=1S/C30H34N6/c1-29(2,3)23-14-10-19(11-15-23)25-31-27(35-33-25)21-8-7-9-22(18-21)28-32-26(34-36-28)20-12-16-24(17-13-20)30(4,5)6/h7-12,14-18,20H,13H2,1-6H3,(H,31,33,35)(H,32,34,36). The molecule has 0 amide bonds. The summed E-state index contributed by atoms with van der Waals surface area (Å²) in [7, 11) is 0. The zero-order valence-corrected chi connectivity index (χ0v) is 21.9. The van der Waals surface area contributed by atoms with Crippen molar-refractivity contribution in [2.75, 3.05) is 0 Å². The van der Waals surface area contributed by atoms with Crippen molar-refractivity contribution in [3.05, 3.63) is 83.7 Å². The van der Waals surface area contributed by atoms with E-state index in [0.29, 0.717) is 11.6 Å². The molecule has 36 heavy (non-hydrogen) atoms. The van der Waals surface area contributed by atoms with Crippen LogP contribution in [0.15, 0.2) is 72.3 Å². The molecule has 1 aliphatic carbocycles. The number of nitrogens with one attached hydrogen (secondary N) is 2. The number of benzene rings is 2. The van der Waals surface area contributed by atoms with E-state index in [2.05, 4.69) is 104 Å². The largest absolute Gasteiger partial charge is 0.262 e. The van der Waals surface area contributed by atoms with Crippen LogP contribution in [0.25, 0.3) is 34.2 Å². The Labute approximate surface area is 213 Å². The van der Waals surface area contributed by atoms with Crippen molar-refractivity contribution >= 4 is 0 Å². The molecule has 2 N–H and O–H groups in total. The van der Waals surface area contributed by atoms with Gasteiger partial charge in [0.1, 0.15) is 5.82 Å². The molecule has 5 rings (SSSR count). The average molecular weight is 479 g/mol. The van der Waals surface area contributed by atoms with Gasteiger partial charge in [0, 0.05) is 22.6 Å². The number of rotatable bonds is 4. The Morgan fingerprint density at radius 1 is 0.750 bits per heavy atom. The number of hydrogen-bond acceptors (Lipinski definition) is 4. The Morgan fingerprint density at radius 2 is 1.42 bits per heavy atom. The highest BCUT2D eigenvalue weighted by Crippen LogP contribution is 2.34. The van der Waals surface area contributed by atoms with Crippen LogP contribution in [0, 0.1) is 5.41 Å². The van der Waals surface area contributed by atoms with E-state index in [1.54, 1.807) is 0 Å². The van der Waals surface area contributed by atoms with E-state index in [-0.39, 0.29) is 16.7 Å². The quantitative estimate of drug-likeness (QED) is 0.324. The maximum Gasteiger partial charge on any atom is 0.181 e. The SMILES string of the molecule is CC(C)(C)C1=CCC(c2nc(-c3cccc(-c4n[nH]c(-c5ccc(C(C)(C)C)cc5)n4)c3)n[nH]2)C=C1. The van der Waals surface area contributed by atoms with Crippen LogP contribution < -0.4 is 0 Å². The molecule has 0 fully saturated rings. The highest BCUT2D eigenvalue weighted by atomic mass is 15.2. The van der Waals surface area contributed by atoms with Crippen molar-refractivity contribution in [3.63, 3.8) is 0 Å². The lowest BCUT2D eigenvalue weighted by Crippen LogP contribution is -2.11. The molecule has 0 bridgehead atoms. The molecule has 0 aliphatic heterocycles. The lowest BCUT2D eigenvalue weighted by Gasteiger charge is -2.24. The van der Waals surface area contributed by atoms with Crippen LogP contribution in [-0.4, -0.2) is 30.4 Å². The summed E-state index contributed by atoms with van der Waals surface area (Å²) in [5.74, 6) is 3.18. The van der Waals surface area contributed by atoms with E-state index in [9.17, 15) is 0 Å². The van der Waals surface area contributed by atoms with Gasteiger partial charge in [-0.2, -0.15) is 10.2 Å². The summed E-state index contributed by atoms with van der Waals surface area (Å²) < 4.78 is 0. The second-order valence-corrected chi connectivity index (χ2v) is 11.6. The number of allylic oxidation sites excluding steroid dienone is 4. The van der Waals surface area contributed by atoms with Crippen molar-refractivity contribution in [1.82, 2.24) is 30.4 Å². The van der Waals surface area contributed by atoms with Crippen molar-refractivity contribution < 1.29 is 0 Å². The predicted octanol–water partition coefficient (Wildman–Crippen LogP) is 7.24. The summed E-state index contributed by atoms with van der Waals surface area (Å²) in [5, 5.41) is 15.2. The molecule has 1 aliphatic rings. The molecule has 2 aromatic carbocycles. The van der Waals surface area contributed by atoms with Crippen LogP contribution in [0.3, 0.4) is 0 Å². The first-order valence-electron chi connectivity index (χ1n) is 12.5. The summed E-state index contributed by atoms with van der Waals surface area (Å²) in [6.07, 6.45) is 7.68. The van der Waals surface area contributed by atoms with Gasteiger partial charge in [-0.25, -0.2) is 9.97 Å². The van der Waals surface area contributed by atoms with E-state index < -0.39 is 0 Å². The smallest absolute Gasteiger partial charge is 0.181 e. The zero-order valence-electron chi connectivity index (χ0n) is 21.9. The molecule has 1 unspecified atom stereocenters. The highest BCUT2D eigenvalue weighted by molar-refractivity contribution is 5.67. The van der Waals surface area contributed by atoms with E-state index in [4.69, 9.17) is 9.97 Å². The predicted molar refractivity (Wildman–Crippen MR) is 145 cm³/mol. The van der Waals surface area contributed by atoms with Gasteiger partial charge in [-0.1, -0.05) is 102 Å². The lowest BCUT2D eigenvalue weighted by molar-refractivity contribution is 0.509. The number of aromatic nitrogens is 6. The fraction of sp³-hybridized carbons (Fsp3) is 0.333. The van der Waals surface area contributed by atoms with Gasteiger partial charge in [0.2, 0.25) is 0 Å². The van der Waals surface area contributed by atoms with Crippen LogP contribution in [-0.2, 0) is 5.41 Å². The summed E-state index contributed by atoms with van der Waals surface area (Å²) in [5.41, 5.74) is 5.79. The Hall–Kier alpha value is -3.80. The third kappa shape index (κ3) is 4.94. The molecule has 1 atom stereocenters. The fourth-order valence-electron chi connectivity index (χ4n) is 4.39. The maximum atomic E-state index is 4.81. The third-order valence-corrected chi connectivity index (χ3v) is 6.71. The fourth-order valence-corrected chi connectivity index (χ4v) is 4.39. The number of H-pyrrole nitrogens is 2. The van der Waals surface area contributed by atoms with Crippen LogP contribution in [0.4, 0.5) is 0 Å². The van der Waals surface area contributed by atoms with Gasteiger partial charge >= 0.3 is 0 Å². The lowest BCUT2D eigenvalue weighted by atomic mass is 9.81. The van der Waals surface area contributed by atoms with Gasteiger partial charge in [0.15, 0.2) is 17.5 Å². The molecule has 6 heteroatoms. The molecule has 6 nitrogen and oxygen atoms in total. The second-order valence-electron chi connectivity index (χ2n) is 11.6. The van der Waals surface area contributed by atoms with Gasteiger partial charge in [-0.15, -0.1) is 0 Å². The molecular formula is C30H34N6. The Kier molecular flexibility index (Phi) is 5.99. The molecular weight excluding hydrogens is 444 g/mol. The first-order chi connectivity index (χ1) is 17.1. The van der Waals surface area contributed by atoms with Crippen LogP contribution in [0.5, 0.6) is 0 Å². The van der Waals surface area contributed by atoms with Gasteiger partial charge < -0.3 is 0 Å². The van der Waals surface area contributed by atoms with Crippen molar-refractivity contribution in [3.8, 4) is 34.2 Å². The van der Waals surface area contributed by atoms with Crippen molar-refractivity contribution in [2.45, 2.75) is 59.3 Å². The molecule has 4 aromatic rings. The van der Waals surface area contributed by atoms with E-state index in [1.165, 1.54) is 11.1 Å². The van der Waals surface area contributed by atoms with Gasteiger partial charge in [0.05, 0.1) is 0 Å². The number of hydrogen-bond donors (Lipinski definition) is 2. The number of aromatic amines is 2. The summed E-state index contributed by atoms with van der Waals surface area (Å²) >= 11 is 0. The normalized spacial score (nSPS) is 16.3. The molecule has 0 saturated carbocycles. The summed E-state index contributed by atoms with van der Waals surface area (Å²) in [6.45, 7) is 13.4. The van der Waals surface area contributed by atoms with E-state index >= 15 is 0 Å². The Balaban J connectivity index is 1.34. The maximum absolute atomic E-state index is 4.81. The second kappa shape index (κ2) is 9.01. The van der Waals surface area contributed by atoms with Crippen LogP contribution >= 0.6 is 0 Å². The Bertz CT molecular complexity index is 1420. The summed E-state index contributed by atoms with van der Waals surface area (Å²) in [6, 6.07) is 16.6. The minimum Gasteiger partial charge on any atom is -0.262 e. The van der Waals surface area contributed by atoms with Crippen molar-refractivity contribution in [1.29, 1.82) is 0 Å². The molecule has 0 radical (unpaired) electrons. The molecule has 2 heterocycles. The average Bonchev–Trinajstić information content (AvgIpc) is 3.54. The first-order valence-corrected chi connectivity index (χ1v) is 12.5. The van der Waals surface area contributed by atoms with Crippen molar-refractivity contribution in [2.24, 2.45) is 5.41 Å². The summed E-state index contributed by atoms with van der Waals surface area (Å²) in [4.78, 5) is 9.56. The van der Waals surface area contributed by atoms with Crippen LogP contribution in [0.2, 0.25) is 0 Å². The topological polar surface area (TPSA) is 83.1 Å².